The fourth-order valence-electron chi connectivity index (χ4n) is 1.71. The highest BCUT2D eigenvalue weighted by atomic mass is 19.1. The first-order valence-corrected chi connectivity index (χ1v) is 6.09. The Balaban J connectivity index is 2.18. The van der Waals surface area contributed by atoms with Crippen molar-refractivity contribution in [2.24, 2.45) is 5.73 Å². The summed E-state index contributed by atoms with van der Waals surface area (Å²) in [6.07, 6.45) is 1.47. The maximum Gasteiger partial charge on any atom is 0.267 e. The molecule has 1 aromatic heterocycles. The van der Waals surface area contributed by atoms with Crippen LogP contribution in [-0.4, -0.2) is 10.9 Å². The Morgan fingerprint density at radius 2 is 2.05 bits per heavy atom. The van der Waals surface area contributed by atoms with Crippen LogP contribution in [0.2, 0.25) is 0 Å². The van der Waals surface area contributed by atoms with E-state index in [-0.39, 0.29) is 17.4 Å². The molecular formula is C16H13FN2O. The molecule has 4 heteroatoms. The zero-order valence-corrected chi connectivity index (χ0v) is 10.9. The van der Waals surface area contributed by atoms with E-state index in [1.165, 1.54) is 18.3 Å². The second kappa shape index (κ2) is 5.98. The average molecular weight is 268 g/mol. The zero-order valence-electron chi connectivity index (χ0n) is 10.9. The molecule has 3 nitrogen and oxygen atoms in total. The van der Waals surface area contributed by atoms with Crippen molar-refractivity contribution in [2.45, 2.75) is 12.8 Å². The maximum absolute atomic E-state index is 13.6. The van der Waals surface area contributed by atoms with E-state index in [1.807, 2.05) is 6.92 Å². The standard InChI is InChI=1S/C16H13FN2O/c1-11(13-4-2-3-5-14(13)17)6-7-12-8-9-15(16(18)20)19-10-12/h2-5,8-11H,1H3,(H2,18,20). The predicted octanol–water partition coefficient (Wildman–Crippen LogP) is 2.47. The van der Waals surface area contributed by atoms with Crippen LogP contribution in [0.3, 0.4) is 0 Å². The second-order valence-corrected chi connectivity index (χ2v) is 4.31. The Kier molecular flexibility index (Phi) is 4.11. The number of hydrogen-bond acceptors (Lipinski definition) is 2. The molecule has 1 atom stereocenters. The van der Waals surface area contributed by atoms with Crippen LogP contribution in [0, 0.1) is 17.7 Å². The number of halogens is 1. The molecule has 2 N–H and O–H groups in total. The lowest BCUT2D eigenvalue weighted by Gasteiger charge is -2.04. The van der Waals surface area contributed by atoms with Gasteiger partial charge in [-0.1, -0.05) is 30.0 Å². The molecule has 100 valence electrons. The fourth-order valence-corrected chi connectivity index (χ4v) is 1.71. The first kappa shape index (κ1) is 13.8. The van der Waals surface area contributed by atoms with Gasteiger partial charge in [-0.2, -0.15) is 0 Å². The maximum atomic E-state index is 13.6. The summed E-state index contributed by atoms with van der Waals surface area (Å²) in [4.78, 5) is 14.8. The van der Waals surface area contributed by atoms with E-state index >= 15 is 0 Å². The highest BCUT2D eigenvalue weighted by molar-refractivity contribution is 5.90. The van der Waals surface area contributed by atoms with Gasteiger partial charge in [-0.05, 0) is 25.1 Å². The molecule has 0 radical (unpaired) electrons. The lowest BCUT2D eigenvalue weighted by atomic mass is 10.0. The molecule has 0 aliphatic rings. The van der Waals surface area contributed by atoms with Gasteiger partial charge in [0.05, 0.1) is 0 Å². The molecule has 0 bridgehead atoms. The highest BCUT2D eigenvalue weighted by Gasteiger charge is 2.06. The van der Waals surface area contributed by atoms with Crippen LogP contribution in [0.15, 0.2) is 42.6 Å². The van der Waals surface area contributed by atoms with Gasteiger partial charge in [-0.25, -0.2) is 9.37 Å². The molecule has 0 aliphatic heterocycles. The largest absolute Gasteiger partial charge is 0.364 e. The van der Waals surface area contributed by atoms with Gasteiger partial charge in [0.2, 0.25) is 0 Å². The van der Waals surface area contributed by atoms with Crippen molar-refractivity contribution >= 4 is 5.91 Å². The normalized spacial score (nSPS) is 11.3. The van der Waals surface area contributed by atoms with Gasteiger partial charge >= 0.3 is 0 Å². The molecule has 0 saturated heterocycles. The number of nitrogens with two attached hydrogens (primary N) is 1. The average Bonchev–Trinajstić information content (AvgIpc) is 2.45. The molecule has 1 unspecified atom stereocenters. The monoisotopic (exact) mass is 268 g/mol. The second-order valence-electron chi connectivity index (χ2n) is 4.31. The third kappa shape index (κ3) is 3.21. The number of amides is 1. The summed E-state index contributed by atoms with van der Waals surface area (Å²) in [6.45, 7) is 1.83. The van der Waals surface area contributed by atoms with Gasteiger partial charge in [0.1, 0.15) is 11.5 Å². The lowest BCUT2D eigenvalue weighted by Crippen LogP contribution is -2.12. The third-order valence-corrected chi connectivity index (χ3v) is 2.82. The van der Waals surface area contributed by atoms with Gasteiger partial charge in [-0.15, -0.1) is 0 Å². The summed E-state index contributed by atoms with van der Waals surface area (Å²) < 4.78 is 13.6. The van der Waals surface area contributed by atoms with Crippen molar-refractivity contribution in [3.8, 4) is 11.8 Å². The quantitative estimate of drug-likeness (QED) is 0.851. The van der Waals surface area contributed by atoms with Crippen molar-refractivity contribution in [3.63, 3.8) is 0 Å². The molecule has 2 aromatic rings. The summed E-state index contributed by atoms with van der Waals surface area (Å²) >= 11 is 0. The van der Waals surface area contributed by atoms with Crippen molar-refractivity contribution in [1.29, 1.82) is 0 Å². The fraction of sp³-hybridized carbons (Fsp3) is 0.125. The Hall–Kier alpha value is -2.67. The molecule has 0 aliphatic carbocycles. The minimum absolute atomic E-state index is 0.192. The van der Waals surface area contributed by atoms with E-state index in [4.69, 9.17) is 5.73 Å². The van der Waals surface area contributed by atoms with Crippen LogP contribution in [0.5, 0.6) is 0 Å². The molecular weight excluding hydrogens is 255 g/mol. The SMILES string of the molecule is CC(C#Cc1ccc(C(N)=O)nc1)c1ccccc1F. The van der Waals surface area contributed by atoms with E-state index in [9.17, 15) is 9.18 Å². The van der Waals surface area contributed by atoms with Crippen LogP contribution >= 0.6 is 0 Å². The molecule has 1 heterocycles. The van der Waals surface area contributed by atoms with Gasteiger partial charge < -0.3 is 5.73 Å². The van der Waals surface area contributed by atoms with E-state index in [2.05, 4.69) is 16.8 Å². The van der Waals surface area contributed by atoms with Crippen LogP contribution in [-0.2, 0) is 0 Å². The number of hydrogen-bond donors (Lipinski definition) is 1. The summed E-state index contributed by atoms with van der Waals surface area (Å²) in [5, 5.41) is 0. The summed E-state index contributed by atoms with van der Waals surface area (Å²) in [7, 11) is 0. The minimum Gasteiger partial charge on any atom is -0.364 e. The van der Waals surface area contributed by atoms with E-state index in [1.54, 1.807) is 24.3 Å². The Labute approximate surface area is 116 Å². The molecule has 1 aromatic carbocycles. The van der Waals surface area contributed by atoms with Crippen LogP contribution in [0.4, 0.5) is 4.39 Å². The minimum atomic E-state index is -0.579. The Bertz CT molecular complexity index is 684. The molecule has 0 fully saturated rings. The number of carbonyl (C=O) groups excluding carboxylic acids is 1. The smallest absolute Gasteiger partial charge is 0.267 e. The molecule has 0 spiro atoms. The van der Waals surface area contributed by atoms with Crippen LogP contribution in [0.25, 0.3) is 0 Å². The number of carbonyl (C=O) groups is 1. The number of rotatable bonds is 2. The first-order chi connectivity index (χ1) is 9.58. The summed E-state index contributed by atoms with van der Waals surface area (Å²) in [6, 6.07) is 9.72. The molecule has 1 amide bonds. The van der Waals surface area contributed by atoms with Crippen LogP contribution in [0.1, 0.15) is 34.5 Å². The molecule has 2 rings (SSSR count). The summed E-state index contributed by atoms with van der Waals surface area (Å²) in [5.41, 5.74) is 6.50. The van der Waals surface area contributed by atoms with Crippen molar-refractivity contribution in [2.75, 3.05) is 0 Å². The number of aromatic nitrogens is 1. The van der Waals surface area contributed by atoms with Gasteiger partial charge in [0.15, 0.2) is 0 Å². The number of pyridine rings is 1. The Morgan fingerprint density at radius 1 is 1.30 bits per heavy atom. The molecule has 0 saturated carbocycles. The van der Waals surface area contributed by atoms with Crippen molar-refractivity contribution in [1.82, 2.24) is 4.98 Å². The lowest BCUT2D eigenvalue weighted by molar-refractivity contribution is 0.0995. The number of benzene rings is 1. The molecule has 20 heavy (non-hydrogen) atoms. The first-order valence-electron chi connectivity index (χ1n) is 6.09. The van der Waals surface area contributed by atoms with Crippen molar-refractivity contribution < 1.29 is 9.18 Å². The predicted molar refractivity (Wildman–Crippen MR) is 74.4 cm³/mol. The zero-order chi connectivity index (χ0) is 14.5. The van der Waals surface area contributed by atoms with Gasteiger partial charge in [-0.3, -0.25) is 4.79 Å². The van der Waals surface area contributed by atoms with E-state index in [0.29, 0.717) is 11.1 Å². The summed E-state index contributed by atoms with van der Waals surface area (Å²) in [5.74, 6) is 4.79. The third-order valence-electron chi connectivity index (χ3n) is 2.82. The van der Waals surface area contributed by atoms with E-state index < -0.39 is 5.91 Å². The van der Waals surface area contributed by atoms with E-state index in [0.717, 1.165) is 0 Å². The number of primary amides is 1. The Morgan fingerprint density at radius 3 is 2.65 bits per heavy atom. The van der Waals surface area contributed by atoms with Crippen molar-refractivity contribution in [3.05, 3.63) is 65.2 Å². The van der Waals surface area contributed by atoms with Gasteiger partial charge in [0, 0.05) is 23.2 Å². The van der Waals surface area contributed by atoms with Gasteiger partial charge in [0.25, 0.3) is 5.91 Å². The number of nitrogens with zero attached hydrogens (tertiary/aromatic N) is 1. The topological polar surface area (TPSA) is 56.0 Å². The van der Waals surface area contributed by atoms with Crippen LogP contribution < -0.4 is 5.73 Å². The highest BCUT2D eigenvalue weighted by Crippen LogP contribution is 2.17.